The van der Waals surface area contributed by atoms with Crippen molar-refractivity contribution in [1.29, 1.82) is 0 Å². The van der Waals surface area contributed by atoms with Gasteiger partial charge in [-0.1, -0.05) is 6.07 Å². The molecule has 8 heteroatoms. The minimum Gasteiger partial charge on any atom is -0.378 e. The molecule has 4 rings (SSSR count). The van der Waals surface area contributed by atoms with E-state index in [1.54, 1.807) is 40.1 Å². The molecule has 152 valence electrons. The first-order valence-corrected chi connectivity index (χ1v) is 9.76. The van der Waals surface area contributed by atoms with Crippen LogP contribution in [0.15, 0.2) is 42.5 Å². The molecule has 0 radical (unpaired) electrons. The molecule has 0 aliphatic carbocycles. The highest BCUT2D eigenvalue weighted by atomic mass is 19.1. The summed E-state index contributed by atoms with van der Waals surface area (Å²) in [7, 11) is 0. The van der Waals surface area contributed by atoms with E-state index in [4.69, 9.17) is 4.74 Å². The lowest BCUT2D eigenvalue weighted by Gasteiger charge is -2.36. The number of carbonyl (C=O) groups excluding carboxylic acids is 2. The number of piperazine rings is 1. The van der Waals surface area contributed by atoms with Gasteiger partial charge in [-0.2, -0.15) is 0 Å². The number of pyridine rings is 1. The van der Waals surface area contributed by atoms with Crippen LogP contribution in [0, 0.1) is 5.82 Å². The number of carbonyl (C=O) groups is 2. The van der Waals surface area contributed by atoms with Crippen LogP contribution >= 0.6 is 0 Å². The third kappa shape index (κ3) is 4.37. The molecular weight excluding hydrogens is 375 g/mol. The fourth-order valence-corrected chi connectivity index (χ4v) is 3.58. The van der Waals surface area contributed by atoms with Crippen LogP contribution in [0.4, 0.5) is 10.1 Å². The average molecular weight is 398 g/mol. The predicted molar refractivity (Wildman–Crippen MR) is 105 cm³/mol. The number of amides is 2. The molecule has 0 saturated carbocycles. The minimum atomic E-state index is -0.264. The second kappa shape index (κ2) is 8.57. The van der Waals surface area contributed by atoms with E-state index in [-0.39, 0.29) is 29.0 Å². The summed E-state index contributed by atoms with van der Waals surface area (Å²) >= 11 is 0. The highest BCUT2D eigenvalue weighted by molar-refractivity contribution is 5.96. The van der Waals surface area contributed by atoms with Gasteiger partial charge in [-0.05, 0) is 36.4 Å². The minimum absolute atomic E-state index is 0.177. The quantitative estimate of drug-likeness (QED) is 0.787. The molecule has 1 aromatic heterocycles. The van der Waals surface area contributed by atoms with Gasteiger partial charge in [-0.25, -0.2) is 9.37 Å². The Kier molecular flexibility index (Phi) is 5.71. The van der Waals surface area contributed by atoms with E-state index in [1.165, 1.54) is 12.1 Å². The van der Waals surface area contributed by atoms with Gasteiger partial charge >= 0.3 is 0 Å². The molecule has 0 spiro atoms. The molecular formula is C21H23FN4O3. The van der Waals surface area contributed by atoms with Crippen LogP contribution in [0.3, 0.4) is 0 Å². The summed E-state index contributed by atoms with van der Waals surface area (Å²) in [6.07, 6.45) is 0. The maximum absolute atomic E-state index is 13.1. The number of hydrogen-bond acceptors (Lipinski definition) is 5. The monoisotopic (exact) mass is 398 g/mol. The Labute approximate surface area is 168 Å². The van der Waals surface area contributed by atoms with Gasteiger partial charge in [0.25, 0.3) is 11.8 Å². The Morgan fingerprint density at radius 1 is 0.793 bits per heavy atom. The van der Waals surface area contributed by atoms with Crippen molar-refractivity contribution < 1.29 is 18.7 Å². The SMILES string of the molecule is O=C(c1cccc(C(=O)N2CCN(c3ccc(F)cc3)CC2)n1)N1CCOCC1. The highest BCUT2D eigenvalue weighted by Gasteiger charge is 2.25. The van der Waals surface area contributed by atoms with E-state index in [0.717, 1.165) is 5.69 Å². The van der Waals surface area contributed by atoms with Gasteiger partial charge in [-0.3, -0.25) is 9.59 Å². The Bertz CT molecular complexity index is 876. The fourth-order valence-electron chi connectivity index (χ4n) is 3.58. The van der Waals surface area contributed by atoms with Gasteiger partial charge < -0.3 is 19.4 Å². The maximum Gasteiger partial charge on any atom is 0.272 e. The van der Waals surface area contributed by atoms with Crippen molar-refractivity contribution in [3.8, 4) is 0 Å². The summed E-state index contributed by atoms with van der Waals surface area (Å²) in [6, 6.07) is 11.3. The molecule has 7 nitrogen and oxygen atoms in total. The summed E-state index contributed by atoms with van der Waals surface area (Å²) in [5.41, 5.74) is 1.50. The van der Waals surface area contributed by atoms with Crippen molar-refractivity contribution in [1.82, 2.24) is 14.8 Å². The molecule has 2 aliphatic rings. The topological polar surface area (TPSA) is 66.0 Å². The number of ether oxygens (including phenoxy) is 1. The van der Waals surface area contributed by atoms with Crippen molar-refractivity contribution in [2.45, 2.75) is 0 Å². The van der Waals surface area contributed by atoms with Gasteiger partial charge in [0, 0.05) is 45.0 Å². The Morgan fingerprint density at radius 2 is 1.34 bits per heavy atom. The average Bonchev–Trinajstić information content (AvgIpc) is 2.79. The van der Waals surface area contributed by atoms with Crippen molar-refractivity contribution in [3.63, 3.8) is 0 Å². The third-order valence-corrected chi connectivity index (χ3v) is 5.24. The number of rotatable bonds is 3. The van der Waals surface area contributed by atoms with E-state index < -0.39 is 0 Å². The number of benzene rings is 1. The molecule has 2 saturated heterocycles. The number of nitrogens with zero attached hydrogens (tertiary/aromatic N) is 4. The fraction of sp³-hybridized carbons (Fsp3) is 0.381. The van der Waals surface area contributed by atoms with E-state index in [0.29, 0.717) is 52.5 Å². The predicted octanol–water partition coefficient (Wildman–Crippen LogP) is 1.66. The molecule has 1 aromatic carbocycles. The van der Waals surface area contributed by atoms with E-state index in [9.17, 15) is 14.0 Å². The zero-order valence-electron chi connectivity index (χ0n) is 16.1. The first-order valence-electron chi connectivity index (χ1n) is 9.76. The second-order valence-corrected chi connectivity index (χ2v) is 7.07. The van der Waals surface area contributed by atoms with Crippen LogP contribution < -0.4 is 4.90 Å². The van der Waals surface area contributed by atoms with Crippen LogP contribution in [0.2, 0.25) is 0 Å². The standard InChI is InChI=1S/C21H23FN4O3/c22-16-4-6-17(7-5-16)24-8-10-25(11-9-24)20(27)18-2-1-3-19(23-18)21(28)26-12-14-29-15-13-26/h1-7H,8-15H2. The maximum atomic E-state index is 13.1. The third-order valence-electron chi connectivity index (χ3n) is 5.24. The molecule has 0 N–H and O–H groups in total. The molecule has 0 unspecified atom stereocenters. The summed E-state index contributed by atoms with van der Waals surface area (Å²) < 4.78 is 18.4. The number of aromatic nitrogens is 1. The Balaban J connectivity index is 1.40. The number of halogens is 1. The van der Waals surface area contributed by atoms with E-state index in [1.807, 2.05) is 0 Å². The molecule has 2 aromatic rings. The first kappa shape index (κ1) is 19.3. The summed E-state index contributed by atoms with van der Waals surface area (Å²) in [5, 5.41) is 0. The Hall–Kier alpha value is -3.00. The zero-order valence-corrected chi connectivity index (χ0v) is 16.1. The van der Waals surface area contributed by atoms with Gasteiger partial charge in [0.15, 0.2) is 0 Å². The van der Waals surface area contributed by atoms with Crippen molar-refractivity contribution in [2.75, 3.05) is 57.4 Å². The lowest BCUT2D eigenvalue weighted by Crippen LogP contribution is -2.49. The zero-order chi connectivity index (χ0) is 20.2. The van der Waals surface area contributed by atoms with Gasteiger partial charge in [0.1, 0.15) is 17.2 Å². The summed E-state index contributed by atoms with van der Waals surface area (Å²) in [6.45, 7) is 4.49. The number of morpholine rings is 1. The lowest BCUT2D eigenvalue weighted by molar-refractivity contribution is 0.0299. The highest BCUT2D eigenvalue weighted by Crippen LogP contribution is 2.18. The van der Waals surface area contributed by atoms with Crippen molar-refractivity contribution in [3.05, 3.63) is 59.7 Å². The van der Waals surface area contributed by atoms with Crippen LogP contribution in [0.1, 0.15) is 21.0 Å². The molecule has 3 heterocycles. The lowest BCUT2D eigenvalue weighted by atomic mass is 10.2. The van der Waals surface area contributed by atoms with Gasteiger partial charge in [-0.15, -0.1) is 0 Å². The molecule has 0 atom stereocenters. The second-order valence-electron chi connectivity index (χ2n) is 7.07. The largest absolute Gasteiger partial charge is 0.378 e. The van der Waals surface area contributed by atoms with Crippen LogP contribution in [-0.4, -0.2) is 79.1 Å². The first-order chi connectivity index (χ1) is 14.1. The number of anilines is 1. The molecule has 2 fully saturated rings. The molecule has 29 heavy (non-hydrogen) atoms. The van der Waals surface area contributed by atoms with Crippen molar-refractivity contribution >= 4 is 17.5 Å². The smallest absolute Gasteiger partial charge is 0.272 e. The molecule has 0 bridgehead atoms. The molecule has 2 aliphatic heterocycles. The van der Waals surface area contributed by atoms with Crippen LogP contribution in [0.5, 0.6) is 0 Å². The summed E-state index contributed by atoms with van der Waals surface area (Å²) in [5.74, 6) is -0.621. The van der Waals surface area contributed by atoms with Crippen LogP contribution in [-0.2, 0) is 4.74 Å². The van der Waals surface area contributed by atoms with Gasteiger partial charge in [0.05, 0.1) is 13.2 Å². The normalized spacial score (nSPS) is 17.3. The van der Waals surface area contributed by atoms with E-state index in [2.05, 4.69) is 9.88 Å². The van der Waals surface area contributed by atoms with E-state index >= 15 is 0 Å². The molecule has 2 amide bonds. The van der Waals surface area contributed by atoms with Gasteiger partial charge in [0.2, 0.25) is 0 Å². The Morgan fingerprint density at radius 3 is 1.93 bits per heavy atom. The summed E-state index contributed by atoms with van der Waals surface area (Å²) in [4.78, 5) is 35.4. The van der Waals surface area contributed by atoms with Crippen LogP contribution in [0.25, 0.3) is 0 Å². The number of hydrogen-bond donors (Lipinski definition) is 0. The van der Waals surface area contributed by atoms with Crippen molar-refractivity contribution in [2.24, 2.45) is 0 Å².